The number of nitrogens with one attached hydrogen (secondary N) is 2. The Hall–Kier alpha value is -3.05. The zero-order valence-electron chi connectivity index (χ0n) is 12.9. The molecule has 1 saturated heterocycles. The van der Waals surface area contributed by atoms with Crippen LogP contribution >= 0.6 is 23.1 Å². The van der Waals surface area contributed by atoms with Gasteiger partial charge in [0.25, 0.3) is 16.8 Å². The van der Waals surface area contributed by atoms with Crippen LogP contribution in [0.4, 0.5) is 15.6 Å². The third kappa shape index (κ3) is 4.13. The van der Waals surface area contributed by atoms with Gasteiger partial charge in [-0.2, -0.15) is 0 Å². The number of rotatable bonds is 5. The second kappa shape index (κ2) is 7.45. The van der Waals surface area contributed by atoms with Crippen LogP contribution in [0.3, 0.4) is 0 Å². The van der Waals surface area contributed by atoms with Gasteiger partial charge in [-0.1, -0.05) is 12.1 Å². The van der Waals surface area contributed by atoms with Crippen LogP contribution in [0, 0.1) is 10.1 Å². The molecule has 3 rings (SSSR count). The molecule has 0 aliphatic carbocycles. The van der Waals surface area contributed by atoms with Gasteiger partial charge in [-0.25, -0.2) is 4.98 Å². The summed E-state index contributed by atoms with van der Waals surface area (Å²) in [6.07, 6.45) is 2.73. The average Bonchev–Trinajstić information content (AvgIpc) is 3.18. The third-order valence-corrected chi connectivity index (χ3v) is 4.77. The van der Waals surface area contributed by atoms with Crippen LogP contribution < -0.4 is 10.6 Å². The van der Waals surface area contributed by atoms with E-state index in [4.69, 9.17) is 0 Å². The number of nitro benzene ring substituents is 1. The fourth-order valence-electron chi connectivity index (χ4n) is 2.18. The van der Waals surface area contributed by atoms with Crippen molar-refractivity contribution in [1.29, 1.82) is 0 Å². The highest BCUT2D eigenvalue weighted by Gasteiger charge is 2.25. The largest absolute Gasteiger partial charge is 0.302 e. The fourth-order valence-corrected chi connectivity index (χ4v) is 3.41. The van der Waals surface area contributed by atoms with E-state index in [2.05, 4.69) is 15.6 Å². The van der Waals surface area contributed by atoms with Gasteiger partial charge in [0.05, 0.1) is 16.2 Å². The molecule has 2 heterocycles. The number of thiazole rings is 1. The molecule has 2 aromatic rings. The molecule has 26 heavy (non-hydrogen) atoms. The monoisotopic (exact) mass is 390 g/mol. The van der Waals surface area contributed by atoms with Crippen LogP contribution in [0.15, 0.2) is 34.7 Å². The molecule has 1 fully saturated rings. The normalized spacial score (nSPS) is 15.2. The summed E-state index contributed by atoms with van der Waals surface area (Å²) < 4.78 is 0. The lowest BCUT2D eigenvalue weighted by atomic mass is 10.1. The minimum Gasteiger partial charge on any atom is -0.302 e. The molecule has 0 saturated carbocycles. The minimum atomic E-state index is -0.596. The molecule has 9 nitrogen and oxygen atoms in total. The number of hydrogen-bond donors (Lipinski definition) is 2. The van der Waals surface area contributed by atoms with Crippen molar-refractivity contribution in [1.82, 2.24) is 10.3 Å². The fraction of sp³-hybridized carbons (Fsp3) is 0.0667. The second-order valence-electron chi connectivity index (χ2n) is 5.06. The Morgan fingerprint density at radius 2 is 2.19 bits per heavy atom. The van der Waals surface area contributed by atoms with Crippen molar-refractivity contribution in [2.24, 2.45) is 0 Å². The summed E-state index contributed by atoms with van der Waals surface area (Å²) in [6, 6.07) is 4.25. The first kappa shape index (κ1) is 17.8. The Kier molecular flexibility index (Phi) is 5.09. The first-order valence-electron chi connectivity index (χ1n) is 7.14. The third-order valence-electron chi connectivity index (χ3n) is 3.28. The SMILES string of the molecule is O=C(Cc1ccc(/C=C2\SC(=O)NC2=O)cc1[N+](=O)[O-])Nc1nccs1. The maximum atomic E-state index is 12.0. The predicted molar refractivity (Wildman–Crippen MR) is 96.7 cm³/mol. The maximum Gasteiger partial charge on any atom is 0.290 e. The number of aromatic nitrogens is 1. The van der Waals surface area contributed by atoms with Gasteiger partial charge in [0.15, 0.2) is 5.13 Å². The molecule has 1 aromatic heterocycles. The molecule has 0 radical (unpaired) electrons. The van der Waals surface area contributed by atoms with E-state index in [1.54, 1.807) is 11.4 Å². The zero-order valence-corrected chi connectivity index (χ0v) is 14.6. The van der Waals surface area contributed by atoms with E-state index in [1.807, 2.05) is 0 Å². The molecule has 132 valence electrons. The van der Waals surface area contributed by atoms with Gasteiger partial charge in [0.1, 0.15) is 0 Å². The van der Waals surface area contributed by atoms with Crippen LogP contribution in [0.1, 0.15) is 11.1 Å². The van der Waals surface area contributed by atoms with E-state index in [1.165, 1.54) is 35.7 Å². The summed E-state index contributed by atoms with van der Waals surface area (Å²) in [4.78, 5) is 49.6. The van der Waals surface area contributed by atoms with Crippen molar-refractivity contribution in [2.45, 2.75) is 6.42 Å². The number of nitrogens with zero attached hydrogens (tertiary/aromatic N) is 2. The van der Waals surface area contributed by atoms with Crippen molar-refractivity contribution in [3.05, 3.63) is 55.9 Å². The standard InChI is InChI=1S/C15H10N4O5S2/c20-12(17-14-16-3-4-25-14)7-9-2-1-8(5-10(9)19(23)24)6-11-13(21)18-15(22)26-11/h1-6H,7H2,(H,16,17,20)(H,18,21,22)/b11-6-. The highest BCUT2D eigenvalue weighted by atomic mass is 32.2. The second-order valence-corrected chi connectivity index (χ2v) is 6.97. The number of carbonyl (C=O) groups excluding carboxylic acids is 3. The molecule has 0 atom stereocenters. The minimum absolute atomic E-state index is 0.151. The molecule has 3 amide bonds. The molecule has 2 N–H and O–H groups in total. The van der Waals surface area contributed by atoms with Gasteiger partial charge in [-0.3, -0.25) is 29.8 Å². The van der Waals surface area contributed by atoms with Gasteiger partial charge >= 0.3 is 0 Å². The van der Waals surface area contributed by atoms with Crippen LogP contribution in [-0.4, -0.2) is 27.0 Å². The lowest BCUT2D eigenvalue weighted by Gasteiger charge is -2.05. The van der Waals surface area contributed by atoms with Crippen LogP contribution in [-0.2, 0) is 16.0 Å². The molecule has 0 spiro atoms. The van der Waals surface area contributed by atoms with Crippen LogP contribution in [0.25, 0.3) is 6.08 Å². The summed E-state index contributed by atoms with van der Waals surface area (Å²) in [5.41, 5.74) is 0.363. The van der Waals surface area contributed by atoms with Crippen molar-refractivity contribution in [3.8, 4) is 0 Å². The molecular formula is C15H10N4O5S2. The van der Waals surface area contributed by atoms with Gasteiger partial charge in [-0.15, -0.1) is 11.3 Å². The lowest BCUT2D eigenvalue weighted by molar-refractivity contribution is -0.385. The summed E-state index contributed by atoms with van der Waals surface area (Å²) >= 11 is 1.96. The van der Waals surface area contributed by atoms with Crippen molar-refractivity contribution < 1.29 is 19.3 Å². The zero-order chi connectivity index (χ0) is 18.7. The molecular weight excluding hydrogens is 380 g/mol. The van der Waals surface area contributed by atoms with Gasteiger partial charge < -0.3 is 5.32 Å². The van der Waals surface area contributed by atoms with Crippen LogP contribution in [0.2, 0.25) is 0 Å². The number of carbonyl (C=O) groups is 3. The highest BCUT2D eigenvalue weighted by Crippen LogP contribution is 2.28. The Balaban J connectivity index is 1.82. The number of hydrogen-bond acceptors (Lipinski definition) is 8. The molecule has 1 aliphatic rings. The number of benzene rings is 1. The Morgan fingerprint density at radius 3 is 2.81 bits per heavy atom. The first-order chi connectivity index (χ1) is 12.4. The van der Waals surface area contributed by atoms with Crippen LogP contribution in [0.5, 0.6) is 0 Å². The Morgan fingerprint density at radius 1 is 1.38 bits per heavy atom. The van der Waals surface area contributed by atoms with E-state index in [0.29, 0.717) is 10.7 Å². The van der Waals surface area contributed by atoms with Gasteiger partial charge in [-0.05, 0) is 23.4 Å². The maximum absolute atomic E-state index is 12.0. The number of anilines is 1. The molecule has 1 aliphatic heterocycles. The van der Waals surface area contributed by atoms with Crippen molar-refractivity contribution in [3.63, 3.8) is 0 Å². The molecule has 1 aromatic carbocycles. The number of thioether (sulfide) groups is 1. The Labute approximate surface area is 154 Å². The number of nitro groups is 1. The van der Waals surface area contributed by atoms with Crippen molar-refractivity contribution in [2.75, 3.05) is 5.32 Å². The molecule has 11 heteroatoms. The van der Waals surface area contributed by atoms with E-state index in [0.717, 1.165) is 11.8 Å². The first-order valence-corrected chi connectivity index (χ1v) is 8.83. The van der Waals surface area contributed by atoms with E-state index >= 15 is 0 Å². The van der Waals surface area contributed by atoms with E-state index in [-0.39, 0.29) is 22.6 Å². The van der Waals surface area contributed by atoms with E-state index in [9.17, 15) is 24.5 Å². The molecule has 0 unspecified atom stereocenters. The quantitative estimate of drug-likeness (QED) is 0.455. The van der Waals surface area contributed by atoms with E-state index < -0.39 is 22.0 Å². The predicted octanol–water partition coefficient (Wildman–Crippen LogP) is 2.56. The highest BCUT2D eigenvalue weighted by molar-refractivity contribution is 8.18. The number of amides is 3. The Bertz CT molecular complexity index is 940. The summed E-state index contributed by atoms with van der Waals surface area (Å²) in [5.74, 6) is -0.972. The summed E-state index contributed by atoms with van der Waals surface area (Å²) in [6.45, 7) is 0. The molecule has 0 bridgehead atoms. The van der Waals surface area contributed by atoms with Crippen molar-refractivity contribution >= 4 is 57.0 Å². The number of imide groups is 1. The average molecular weight is 390 g/mol. The summed E-state index contributed by atoms with van der Waals surface area (Å²) in [7, 11) is 0. The van der Waals surface area contributed by atoms with Gasteiger partial charge in [0.2, 0.25) is 5.91 Å². The summed E-state index contributed by atoms with van der Waals surface area (Å²) in [5, 5.41) is 17.6. The smallest absolute Gasteiger partial charge is 0.290 e. The van der Waals surface area contributed by atoms with Gasteiger partial charge in [0, 0.05) is 23.2 Å². The topological polar surface area (TPSA) is 131 Å². The lowest BCUT2D eigenvalue weighted by Crippen LogP contribution is -2.17.